The third kappa shape index (κ3) is 5.92. The Balaban J connectivity index is 1.32. The van der Waals surface area contributed by atoms with E-state index in [-0.39, 0.29) is 41.8 Å². The van der Waals surface area contributed by atoms with Crippen molar-refractivity contribution in [3.8, 4) is 23.2 Å². The fraction of sp³-hybridized carbons (Fsp3) is 0.476. The van der Waals surface area contributed by atoms with Gasteiger partial charge in [-0.15, -0.1) is 10.2 Å². The molecule has 2 heterocycles. The molecule has 14 heteroatoms. The summed E-state index contributed by atoms with van der Waals surface area (Å²) in [4.78, 5) is 12.1. The molecule has 0 spiro atoms. The number of carbonyl (C=O) groups excluding carboxylic acids is 1. The van der Waals surface area contributed by atoms with Gasteiger partial charge in [-0.25, -0.2) is 0 Å². The number of hydrogen-bond donors (Lipinski definition) is 0. The molecule has 1 fully saturated rings. The third-order valence-corrected chi connectivity index (χ3v) is 6.19. The van der Waals surface area contributed by atoms with Crippen molar-refractivity contribution >= 4 is 21.9 Å². The van der Waals surface area contributed by atoms with Gasteiger partial charge in [0.05, 0.1) is 28.2 Å². The van der Waals surface area contributed by atoms with Crippen LogP contribution in [0.5, 0.6) is 11.6 Å². The van der Waals surface area contributed by atoms with Crippen LogP contribution in [0.2, 0.25) is 0 Å². The Kier molecular flexibility index (Phi) is 7.28. The number of carboxylic acids is 1. The molecule has 188 valence electrons. The lowest BCUT2D eigenvalue weighted by Gasteiger charge is -2.29. The number of benzene rings is 1. The summed E-state index contributed by atoms with van der Waals surface area (Å²) in [7, 11) is 0. The van der Waals surface area contributed by atoms with Crippen LogP contribution >= 0.6 is 15.9 Å². The SMILES string of the molecule is CCC(C(=O)[O-])n1nnc(-c2cc(OC3CCC(Oc4cc(C(F)(F)F)ccc4Br)CC3)no2)n1. The van der Waals surface area contributed by atoms with Gasteiger partial charge in [-0.1, -0.05) is 6.92 Å². The minimum absolute atomic E-state index is 0.0517. The maximum atomic E-state index is 13.0. The molecule has 0 aliphatic heterocycles. The van der Waals surface area contributed by atoms with Crippen molar-refractivity contribution in [2.75, 3.05) is 0 Å². The van der Waals surface area contributed by atoms with Crippen molar-refractivity contribution in [3.63, 3.8) is 0 Å². The minimum Gasteiger partial charge on any atom is -0.548 e. The van der Waals surface area contributed by atoms with Crippen molar-refractivity contribution in [3.05, 3.63) is 34.3 Å². The van der Waals surface area contributed by atoms with Gasteiger partial charge in [0.2, 0.25) is 11.6 Å². The smallest absolute Gasteiger partial charge is 0.416 e. The summed E-state index contributed by atoms with van der Waals surface area (Å²) < 4.78 is 56.3. The Morgan fingerprint density at radius 2 is 1.91 bits per heavy atom. The Hall–Kier alpha value is -3.16. The molecule has 1 atom stereocenters. The van der Waals surface area contributed by atoms with E-state index in [4.69, 9.17) is 14.0 Å². The van der Waals surface area contributed by atoms with Gasteiger partial charge in [0.15, 0.2) is 0 Å². The average Bonchev–Trinajstić information content (AvgIpc) is 3.46. The van der Waals surface area contributed by atoms with Gasteiger partial charge in [-0.3, -0.25) is 0 Å². The summed E-state index contributed by atoms with van der Waals surface area (Å²) in [6, 6.07) is 3.73. The van der Waals surface area contributed by atoms with E-state index in [9.17, 15) is 23.1 Å². The van der Waals surface area contributed by atoms with Gasteiger partial charge in [0.25, 0.3) is 5.88 Å². The Bertz CT molecular complexity index is 1180. The number of aliphatic carboxylic acids is 1. The zero-order chi connectivity index (χ0) is 25.2. The Morgan fingerprint density at radius 3 is 2.54 bits per heavy atom. The summed E-state index contributed by atoms with van der Waals surface area (Å²) in [6.07, 6.45) is -2.31. The van der Waals surface area contributed by atoms with Gasteiger partial charge < -0.3 is 23.9 Å². The quantitative estimate of drug-likeness (QED) is 0.407. The van der Waals surface area contributed by atoms with Crippen LogP contribution in [0.3, 0.4) is 0 Å². The molecule has 1 saturated carbocycles. The fourth-order valence-corrected chi connectivity index (χ4v) is 4.03. The first-order valence-electron chi connectivity index (χ1n) is 10.8. The van der Waals surface area contributed by atoms with E-state index in [1.165, 1.54) is 12.1 Å². The molecular weight excluding hydrogens is 539 g/mol. The molecule has 35 heavy (non-hydrogen) atoms. The molecule has 0 saturated heterocycles. The molecule has 1 aliphatic rings. The number of carboxylic acid groups (broad SMARTS) is 1. The molecule has 0 amide bonds. The maximum Gasteiger partial charge on any atom is 0.416 e. The van der Waals surface area contributed by atoms with Gasteiger partial charge in [0.1, 0.15) is 17.9 Å². The highest BCUT2D eigenvalue weighted by Crippen LogP contribution is 2.37. The molecule has 0 bridgehead atoms. The van der Waals surface area contributed by atoms with Gasteiger partial charge >= 0.3 is 6.18 Å². The van der Waals surface area contributed by atoms with Crippen LogP contribution in [0.15, 0.2) is 33.3 Å². The van der Waals surface area contributed by atoms with E-state index >= 15 is 0 Å². The molecule has 1 aromatic carbocycles. The summed E-state index contributed by atoms with van der Waals surface area (Å²) >= 11 is 3.24. The number of halogens is 4. The maximum absolute atomic E-state index is 13.0. The first kappa shape index (κ1) is 24.9. The number of ether oxygens (including phenoxy) is 2. The van der Waals surface area contributed by atoms with Crippen molar-refractivity contribution in [2.45, 2.75) is 63.5 Å². The largest absolute Gasteiger partial charge is 0.548 e. The fourth-order valence-electron chi connectivity index (χ4n) is 3.69. The highest BCUT2D eigenvalue weighted by atomic mass is 79.9. The highest BCUT2D eigenvalue weighted by Gasteiger charge is 2.32. The number of nitrogens with zero attached hydrogens (tertiary/aromatic N) is 5. The summed E-state index contributed by atoms with van der Waals surface area (Å²) in [5.41, 5.74) is -0.770. The van der Waals surface area contributed by atoms with Crippen LogP contribution in [0, 0.1) is 0 Å². The second-order valence-corrected chi connectivity index (χ2v) is 8.84. The molecule has 0 N–H and O–H groups in total. The van der Waals surface area contributed by atoms with Crippen molar-refractivity contribution < 1.29 is 37.1 Å². The summed E-state index contributed by atoms with van der Waals surface area (Å²) in [5.74, 6) is -0.761. The number of alkyl halides is 3. The summed E-state index contributed by atoms with van der Waals surface area (Å²) in [5, 5.41) is 26.5. The van der Waals surface area contributed by atoms with Crippen LogP contribution in [0.4, 0.5) is 13.2 Å². The van der Waals surface area contributed by atoms with Gasteiger partial charge in [-0.05, 0) is 76.6 Å². The van der Waals surface area contributed by atoms with E-state index < -0.39 is 23.8 Å². The van der Waals surface area contributed by atoms with Crippen LogP contribution in [0.25, 0.3) is 11.6 Å². The highest BCUT2D eigenvalue weighted by molar-refractivity contribution is 9.10. The molecule has 10 nitrogen and oxygen atoms in total. The summed E-state index contributed by atoms with van der Waals surface area (Å²) in [6.45, 7) is 1.65. The molecule has 1 unspecified atom stereocenters. The topological polar surface area (TPSA) is 128 Å². The van der Waals surface area contributed by atoms with E-state index in [0.717, 1.165) is 16.9 Å². The molecular formula is C21H20BrF3N5O5-. The van der Waals surface area contributed by atoms with Crippen molar-refractivity contribution in [1.82, 2.24) is 25.4 Å². The lowest BCUT2D eigenvalue weighted by Crippen LogP contribution is -2.34. The van der Waals surface area contributed by atoms with Crippen LogP contribution in [-0.4, -0.2) is 43.5 Å². The zero-order valence-electron chi connectivity index (χ0n) is 18.4. The van der Waals surface area contributed by atoms with Gasteiger partial charge in [-0.2, -0.15) is 18.0 Å². The predicted molar refractivity (Wildman–Crippen MR) is 114 cm³/mol. The number of carbonyl (C=O) groups is 1. The first-order valence-corrected chi connectivity index (χ1v) is 11.6. The van der Waals surface area contributed by atoms with Gasteiger partial charge in [0, 0.05) is 0 Å². The Morgan fingerprint density at radius 1 is 1.23 bits per heavy atom. The predicted octanol–water partition coefficient (Wildman–Crippen LogP) is 3.58. The number of tetrazole rings is 1. The van der Waals surface area contributed by atoms with Crippen LogP contribution in [-0.2, 0) is 11.0 Å². The molecule has 2 aromatic heterocycles. The second-order valence-electron chi connectivity index (χ2n) is 7.98. The third-order valence-electron chi connectivity index (χ3n) is 5.54. The first-order chi connectivity index (χ1) is 16.6. The van der Waals surface area contributed by atoms with E-state index in [2.05, 4.69) is 36.5 Å². The lowest BCUT2D eigenvalue weighted by molar-refractivity contribution is -0.311. The average molecular weight is 559 g/mol. The molecule has 4 rings (SSSR count). The normalized spacial score (nSPS) is 19.3. The number of hydrogen-bond acceptors (Lipinski definition) is 9. The monoisotopic (exact) mass is 558 g/mol. The van der Waals surface area contributed by atoms with Crippen LogP contribution < -0.4 is 14.6 Å². The minimum atomic E-state index is -4.45. The Labute approximate surface area is 205 Å². The zero-order valence-corrected chi connectivity index (χ0v) is 20.0. The number of aromatic nitrogens is 5. The molecule has 0 radical (unpaired) electrons. The standard InChI is InChI=1S/C21H21BrF3N5O5/c1-2-15(20(31)32)30-27-19(26-29-30)17-10-18(28-35-17)34-13-6-4-12(5-7-13)33-16-9-11(21(23,24)25)3-8-14(16)22/h3,8-10,12-13,15H,2,4-7H2,1H3,(H,31,32)/p-1. The van der Waals surface area contributed by atoms with E-state index in [0.29, 0.717) is 30.2 Å². The van der Waals surface area contributed by atoms with E-state index in [1.54, 1.807) is 6.92 Å². The molecule has 1 aliphatic carbocycles. The second kappa shape index (κ2) is 10.2. The number of rotatable bonds is 8. The van der Waals surface area contributed by atoms with Crippen molar-refractivity contribution in [1.29, 1.82) is 0 Å². The lowest BCUT2D eigenvalue weighted by atomic mass is 9.95. The van der Waals surface area contributed by atoms with Crippen LogP contribution in [0.1, 0.15) is 50.6 Å². The van der Waals surface area contributed by atoms with E-state index in [1.807, 2.05) is 0 Å². The molecule has 3 aromatic rings. The van der Waals surface area contributed by atoms with Crippen molar-refractivity contribution in [2.24, 2.45) is 0 Å².